The fourth-order valence-electron chi connectivity index (χ4n) is 1.81. The molecule has 6 nitrogen and oxygen atoms in total. The van der Waals surface area contributed by atoms with Crippen molar-refractivity contribution in [2.45, 2.75) is 6.61 Å². The summed E-state index contributed by atoms with van der Waals surface area (Å²) < 4.78 is 22.9. The van der Waals surface area contributed by atoms with Crippen molar-refractivity contribution in [3.63, 3.8) is 0 Å². The number of amides is 1. The summed E-state index contributed by atoms with van der Waals surface area (Å²) in [7, 11) is 1.13. The van der Waals surface area contributed by atoms with E-state index >= 15 is 0 Å². The number of methoxy groups -OCH3 is 1. The molecule has 0 spiro atoms. The molecule has 0 bridgehead atoms. The van der Waals surface area contributed by atoms with Crippen molar-refractivity contribution in [2.75, 3.05) is 12.4 Å². The highest BCUT2D eigenvalue weighted by Crippen LogP contribution is 2.26. The van der Waals surface area contributed by atoms with Crippen molar-refractivity contribution >= 4 is 17.7 Å². The maximum atomic E-state index is 13.4. The topological polar surface area (TPSA) is 84.9 Å². The molecule has 0 aliphatic heterocycles. The standard InChI is InChI=1S/C16H14FNO5/c1-22-15(20)11-7-14(19)12(17)8-13(11)18-16(21)23-9-10-5-3-2-4-6-10/h2-8,19H,9H2,1H3,(H,18,21). The highest BCUT2D eigenvalue weighted by molar-refractivity contribution is 6.00. The molecule has 0 saturated carbocycles. The van der Waals surface area contributed by atoms with Crippen molar-refractivity contribution < 1.29 is 28.6 Å². The minimum atomic E-state index is -0.990. The highest BCUT2D eigenvalue weighted by atomic mass is 19.1. The van der Waals surface area contributed by atoms with Crippen molar-refractivity contribution in [2.24, 2.45) is 0 Å². The molecule has 7 heteroatoms. The van der Waals surface area contributed by atoms with Gasteiger partial charge in [-0.3, -0.25) is 5.32 Å². The predicted octanol–water partition coefficient (Wildman–Crippen LogP) is 3.07. The zero-order chi connectivity index (χ0) is 16.8. The smallest absolute Gasteiger partial charge is 0.411 e. The van der Waals surface area contributed by atoms with Gasteiger partial charge in [-0.1, -0.05) is 30.3 Å². The number of phenolic OH excluding ortho intramolecular Hbond substituents is 1. The summed E-state index contributed by atoms with van der Waals surface area (Å²) in [6, 6.07) is 10.6. The predicted molar refractivity (Wildman–Crippen MR) is 79.7 cm³/mol. The van der Waals surface area contributed by atoms with Gasteiger partial charge >= 0.3 is 12.1 Å². The average Bonchev–Trinajstić information content (AvgIpc) is 2.56. The Kier molecular flexibility index (Phi) is 5.14. The number of anilines is 1. The first kappa shape index (κ1) is 16.3. The summed E-state index contributed by atoms with van der Waals surface area (Å²) >= 11 is 0. The van der Waals surface area contributed by atoms with Gasteiger partial charge in [0.1, 0.15) is 6.61 Å². The fraction of sp³-hybridized carbons (Fsp3) is 0.125. The van der Waals surface area contributed by atoms with E-state index in [4.69, 9.17) is 4.74 Å². The van der Waals surface area contributed by atoms with Crippen LogP contribution >= 0.6 is 0 Å². The minimum Gasteiger partial charge on any atom is -0.505 e. The number of aromatic hydroxyl groups is 1. The van der Waals surface area contributed by atoms with Gasteiger partial charge in [0.25, 0.3) is 0 Å². The van der Waals surface area contributed by atoms with Gasteiger partial charge in [0, 0.05) is 6.07 Å². The quantitative estimate of drug-likeness (QED) is 0.668. The number of phenols is 1. The Hall–Kier alpha value is -3.09. The third kappa shape index (κ3) is 4.19. The summed E-state index contributed by atoms with van der Waals surface area (Å²) in [5.41, 5.74) is 0.418. The Morgan fingerprint density at radius 1 is 1.22 bits per heavy atom. The van der Waals surface area contributed by atoms with Crippen LogP contribution in [0.15, 0.2) is 42.5 Å². The van der Waals surface area contributed by atoms with E-state index < -0.39 is 23.6 Å². The number of ether oxygens (including phenoxy) is 2. The van der Waals surface area contributed by atoms with Crippen LogP contribution in [0, 0.1) is 5.82 Å². The number of rotatable bonds is 4. The van der Waals surface area contributed by atoms with Crippen LogP contribution in [0.3, 0.4) is 0 Å². The maximum Gasteiger partial charge on any atom is 0.411 e. The third-order valence-corrected chi connectivity index (χ3v) is 2.94. The van der Waals surface area contributed by atoms with E-state index in [2.05, 4.69) is 10.1 Å². The average molecular weight is 319 g/mol. The fourth-order valence-corrected chi connectivity index (χ4v) is 1.81. The summed E-state index contributed by atoms with van der Waals surface area (Å²) in [4.78, 5) is 23.4. The van der Waals surface area contributed by atoms with Crippen molar-refractivity contribution in [1.29, 1.82) is 0 Å². The third-order valence-electron chi connectivity index (χ3n) is 2.94. The van der Waals surface area contributed by atoms with E-state index in [1.165, 1.54) is 0 Å². The van der Waals surface area contributed by atoms with E-state index in [9.17, 15) is 19.1 Å². The molecule has 0 saturated heterocycles. The Morgan fingerprint density at radius 2 is 1.91 bits per heavy atom. The summed E-state index contributed by atoms with van der Waals surface area (Å²) in [5.74, 6) is -2.55. The van der Waals surface area contributed by atoms with Gasteiger partial charge in [0.15, 0.2) is 11.6 Å². The van der Waals surface area contributed by atoms with E-state index in [0.717, 1.165) is 24.8 Å². The van der Waals surface area contributed by atoms with Crippen LogP contribution in [0.25, 0.3) is 0 Å². The second kappa shape index (κ2) is 7.26. The molecule has 0 radical (unpaired) electrons. The second-order valence-electron chi connectivity index (χ2n) is 4.53. The van der Waals surface area contributed by atoms with Gasteiger partial charge in [0.05, 0.1) is 18.4 Å². The Morgan fingerprint density at radius 3 is 2.57 bits per heavy atom. The number of halogens is 1. The van der Waals surface area contributed by atoms with Gasteiger partial charge in [-0.25, -0.2) is 14.0 Å². The molecule has 0 aliphatic rings. The molecule has 0 heterocycles. The number of carbonyl (C=O) groups is 2. The summed E-state index contributed by atoms with van der Waals surface area (Å²) in [5, 5.41) is 11.6. The van der Waals surface area contributed by atoms with Crippen LogP contribution < -0.4 is 5.32 Å². The molecule has 0 aliphatic carbocycles. The van der Waals surface area contributed by atoms with Gasteiger partial charge in [-0.05, 0) is 11.6 Å². The number of esters is 1. The molecule has 2 rings (SSSR count). The Balaban J connectivity index is 2.10. The van der Waals surface area contributed by atoms with Crippen LogP contribution in [-0.4, -0.2) is 24.3 Å². The molecule has 23 heavy (non-hydrogen) atoms. The summed E-state index contributed by atoms with van der Waals surface area (Å²) in [6.45, 7) is 0.0147. The minimum absolute atomic E-state index is 0.0147. The van der Waals surface area contributed by atoms with E-state index in [-0.39, 0.29) is 17.9 Å². The Labute approximate surface area is 131 Å². The van der Waals surface area contributed by atoms with Crippen molar-refractivity contribution in [1.82, 2.24) is 0 Å². The monoisotopic (exact) mass is 319 g/mol. The molecule has 1 amide bonds. The second-order valence-corrected chi connectivity index (χ2v) is 4.53. The molecule has 0 fully saturated rings. The van der Waals surface area contributed by atoms with E-state index in [1.807, 2.05) is 6.07 Å². The first-order chi connectivity index (χ1) is 11.0. The molecular formula is C16H14FNO5. The number of carbonyl (C=O) groups excluding carboxylic acids is 2. The van der Waals surface area contributed by atoms with Crippen LogP contribution in [0.1, 0.15) is 15.9 Å². The van der Waals surface area contributed by atoms with Crippen LogP contribution in [-0.2, 0) is 16.1 Å². The lowest BCUT2D eigenvalue weighted by Crippen LogP contribution is -2.16. The Bertz CT molecular complexity index is 718. The van der Waals surface area contributed by atoms with E-state index in [1.54, 1.807) is 24.3 Å². The molecule has 120 valence electrons. The normalized spacial score (nSPS) is 10.0. The first-order valence-corrected chi connectivity index (χ1v) is 6.59. The van der Waals surface area contributed by atoms with Crippen LogP contribution in [0.4, 0.5) is 14.9 Å². The zero-order valence-electron chi connectivity index (χ0n) is 12.2. The summed E-state index contributed by atoms with van der Waals surface area (Å²) in [6.07, 6.45) is -0.871. The van der Waals surface area contributed by atoms with Gasteiger partial charge < -0.3 is 14.6 Å². The highest BCUT2D eigenvalue weighted by Gasteiger charge is 2.18. The number of benzene rings is 2. The zero-order valence-corrected chi connectivity index (χ0v) is 12.2. The molecular weight excluding hydrogens is 305 g/mol. The number of hydrogen-bond acceptors (Lipinski definition) is 5. The maximum absolute atomic E-state index is 13.4. The molecule has 2 aromatic carbocycles. The SMILES string of the molecule is COC(=O)c1cc(O)c(F)cc1NC(=O)OCc1ccccc1. The van der Waals surface area contributed by atoms with E-state index in [0.29, 0.717) is 0 Å². The van der Waals surface area contributed by atoms with Crippen molar-refractivity contribution in [3.8, 4) is 5.75 Å². The van der Waals surface area contributed by atoms with Crippen LogP contribution in [0.2, 0.25) is 0 Å². The first-order valence-electron chi connectivity index (χ1n) is 6.59. The molecule has 2 aromatic rings. The van der Waals surface area contributed by atoms with Crippen LogP contribution in [0.5, 0.6) is 5.75 Å². The molecule has 0 aromatic heterocycles. The molecule has 0 unspecified atom stereocenters. The largest absolute Gasteiger partial charge is 0.505 e. The van der Waals surface area contributed by atoms with Gasteiger partial charge in [0.2, 0.25) is 0 Å². The van der Waals surface area contributed by atoms with Gasteiger partial charge in [-0.15, -0.1) is 0 Å². The van der Waals surface area contributed by atoms with Gasteiger partial charge in [-0.2, -0.15) is 0 Å². The lowest BCUT2D eigenvalue weighted by Gasteiger charge is -2.11. The lowest BCUT2D eigenvalue weighted by atomic mass is 10.1. The molecule has 2 N–H and O–H groups in total. The lowest BCUT2D eigenvalue weighted by molar-refractivity contribution is 0.0601. The molecule has 0 atom stereocenters. The number of hydrogen-bond donors (Lipinski definition) is 2. The number of nitrogens with one attached hydrogen (secondary N) is 1. The van der Waals surface area contributed by atoms with Crippen molar-refractivity contribution in [3.05, 3.63) is 59.4 Å².